The van der Waals surface area contributed by atoms with E-state index < -0.39 is 0 Å². The molecule has 182 valence electrons. The summed E-state index contributed by atoms with van der Waals surface area (Å²) < 4.78 is 0. The molecule has 0 aliphatic heterocycles. The molecule has 0 aliphatic rings. The molecule has 0 fully saturated rings. The van der Waals surface area contributed by atoms with Gasteiger partial charge in [0.25, 0.3) is 11.8 Å². The van der Waals surface area contributed by atoms with Gasteiger partial charge in [-0.15, -0.1) is 0 Å². The fourth-order valence-corrected chi connectivity index (χ4v) is 3.93. The van der Waals surface area contributed by atoms with Crippen molar-refractivity contribution >= 4 is 11.8 Å². The normalized spacial score (nSPS) is 12.4. The van der Waals surface area contributed by atoms with Crippen molar-refractivity contribution in [3.63, 3.8) is 0 Å². The van der Waals surface area contributed by atoms with E-state index >= 15 is 0 Å². The van der Waals surface area contributed by atoms with E-state index in [-0.39, 0.29) is 23.7 Å². The van der Waals surface area contributed by atoms with Crippen LogP contribution in [0.5, 0.6) is 0 Å². The van der Waals surface area contributed by atoms with Gasteiger partial charge in [0, 0.05) is 37.9 Å². The van der Waals surface area contributed by atoms with Crippen molar-refractivity contribution in [2.45, 2.75) is 25.7 Å². The number of pyridine rings is 2. The summed E-state index contributed by atoms with van der Waals surface area (Å²) in [7, 11) is 0. The van der Waals surface area contributed by atoms with E-state index in [1.807, 2.05) is 0 Å². The van der Waals surface area contributed by atoms with Crippen LogP contribution >= 0.6 is 0 Å². The summed E-state index contributed by atoms with van der Waals surface area (Å²) in [4.78, 5) is 32.5. The Morgan fingerprint density at radius 2 is 1.03 bits per heavy atom. The van der Waals surface area contributed by atoms with Crippen LogP contribution in [0.25, 0.3) is 11.1 Å². The van der Waals surface area contributed by atoms with Crippen molar-refractivity contribution in [3.8, 4) is 11.1 Å². The molecule has 2 aromatic heterocycles. The smallest absolute Gasteiger partial charge is 0.252 e. The van der Waals surface area contributed by atoms with E-state index in [2.05, 4.69) is 83.0 Å². The summed E-state index contributed by atoms with van der Waals surface area (Å²) in [5.74, 6) is 0.143. The molecule has 6 heteroatoms. The van der Waals surface area contributed by atoms with E-state index in [4.69, 9.17) is 0 Å². The lowest BCUT2D eigenvalue weighted by molar-refractivity contribution is 0.0943. The molecule has 2 heterocycles. The molecule has 2 N–H and O–H groups in total. The Kier molecular flexibility index (Phi) is 8.19. The molecule has 2 unspecified atom stereocenters. The SMILES string of the molecule is CC(CNC(=O)c1cccnc1)c1ccc(-c2ccc(C(C)CNC(=O)c3cccnc3)cc2)cc1. The summed E-state index contributed by atoms with van der Waals surface area (Å²) in [6.07, 6.45) is 6.44. The number of hydrogen-bond acceptors (Lipinski definition) is 4. The van der Waals surface area contributed by atoms with Crippen LogP contribution in [-0.4, -0.2) is 34.9 Å². The molecule has 0 bridgehead atoms. The van der Waals surface area contributed by atoms with Gasteiger partial charge in [-0.2, -0.15) is 0 Å². The third kappa shape index (κ3) is 6.42. The fraction of sp³-hybridized carbons (Fsp3) is 0.200. The number of carbonyl (C=O) groups is 2. The van der Waals surface area contributed by atoms with Crippen LogP contribution in [0, 0.1) is 0 Å². The van der Waals surface area contributed by atoms with Crippen molar-refractivity contribution in [2.24, 2.45) is 0 Å². The standard InChI is InChI=1S/C30H30N4O2/c1-21(17-33-29(35)27-5-3-15-31-19-27)23-7-11-25(12-8-23)26-13-9-24(10-14-26)22(2)18-34-30(36)28-6-4-16-32-20-28/h3-16,19-22H,17-18H2,1-2H3,(H,33,35)(H,34,36). The Hall–Kier alpha value is -4.32. The van der Waals surface area contributed by atoms with E-state index in [1.54, 1.807) is 49.1 Å². The van der Waals surface area contributed by atoms with Crippen molar-refractivity contribution in [3.05, 3.63) is 120 Å². The highest BCUT2D eigenvalue weighted by Gasteiger charge is 2.12. The van der Waals surface area contributed by atoms with Crippen molar-refractivity contribution in [1.29, 1.82) is 0 Å². The van der Waals surface area contributed by atoms with Crippen LogP contribution in [-0.2, 0) is 0 Å². The number of nitrogens with one attached hydrogen (secondary N) is 2. The number of hydrogen-bond donors (Lipinski definition) is 2. The average Bonchev–Trinajstić information content (AvgIpc) is 2.95. The number of nitrogens with zero attached hydrogens (tertiary/aromatic N) is 2. The first-order valence-corrected chi connectivity index (χ1v) is 12.1. The van der Waals surface area contributed by atoms with Gasteiger partial charge in [0.2, 0.25) is 0 Å². The van der Waals surface area contributed by atoms with Crippen LogP contribution in [0.3, 0.4) is 0 Å². The third-order valence-electron chi connectivity index (χ3n) is 6.28. The maximum Gasteiger partial charge on any atom is 0.252 e. The second-order valence-electron chi connectivity index (χ2n) is 8.95. The van der Waals surface area contributed by atoms with E-state index in [0.717, 1.165) is 11.1 Å². The number of aromatic nitrogens is 2. The van der Waals surface area contributed by atoms with Crippen molar-refractivity contribution in [1.82, 2.24) is 20.6 Å². The minimum Gasteiger partial charge on any atom is -0.351 e. The summed E-state index contributed by atoms with van der Waals surface area (Å²) in [5, 5.41) is 5.96. The Labute approximate surface area is 211 Å². The zero-order valence-electron chi connectivity index (χ0n) is 20.5. The van der Waals surface area contributed by atoms with Gasteiger partial charge < -0.3 is 10.6 Å². The molecule has 4 aromatic rings. The Morgan fingerprint density at radius 3 is 1.36 bits per heavy atom. The quantitative estimate of drug-likeness (QED) is 0.346. The molecular weight excluding hydrogens is 448 g/mol. The van der Waals surface area contributed by atoms with Crippen LogP contribution in [0.15, 0.2) is 97.6 Å². The average molecular weight is 479 g/mol. The molecule has 0 saturated carbocycles. The van der Waals surface area contributed by atoms with Crippen molar-refractivity contribution < 1.29 is 9.59 Å². The third-order valence-corrected chi connectivity index (χ3v) is 6.28. The second kappa shape index (κ2) is 11.9. The van der Waals surface area contributed by atoms with Gasteiger partial charge in [-0.25, -0.2) is 0 Å². The van der Waals surface area contributed by atoms with E-state index in [1.165, 1.54) is 11.1 Å². The molecule has 0 saturated heterocycles. The lowest BCUT2D eigenvalue weighted by Gasteiger charge is -2.15. The zero-order chi connectivity index (χ0) is 25.3. The number of benzene rings is 2. The molecule has 2 amide bonds. The van der Waals surface area contributed by atoms with E-state index in [0.29, 0.717) is 24.2 Å². The molecule has 2 aromatic carbocycles. The second-order valence-corrected chi connectivity index (χ2v) is 8.95. The number of carbonyl (C=O) groups excluding carboxylic acids is 2. The molecule has 2 atom stereocenters. The molecule has 0 radical (unpaired) electrons. The summed E-state index contributed by atoms with van der Waals surface area (Å²) in [6.45, 7) is 5.30. The van der Waals surface area contributed by atoms with Gasteiger partial charge in [-0.1, -0.05) is 62.4 Å². The number of rotatable bonds is 9. The first-order chi connectivity index (χ1) is 17.5. The van der Waals surface area contributed by atoms with Gasteiger partial charge in [-0.05, 0) is 58.4 Å². The van der Waals surface area contributed by atoms with Gasteiger partial charge in [0.15, 0.2) is 0 Å². The highest BCUT2D eigenvalue weighted by atomic mass is 16.2. The summed E-state index contributed by atoms with van der Waals surface area (Å²) >= 11 is 0. The maximum absolute atomic E-state index is 12.3. The topological polar surface area (TPSA) is 84.0 Å². The zero-order valence-corrected chi connectivity index (χ0v) is 20.5. The predicted molar refractivity (Wildman–Crippen MR) is 142 cm³/mol. The molecule has 36 heavy (non-hydrogen) atoms. The molecule has 0 aliphatic carbocycles. The largest absolute Gasteiger partial charge is 0.351 e. The Balaban J connectivity index is 1.30. The predicted octanol–water partition coefficient (Wildman–Crippen LogP) is 5.21. The molecule has 6 nitrogen and oxygen atoms in total. The fourth-order valence-electron chi connectivity index (χ4n) is 3.93. The van der Waals surface area contributed by atoms with Gasteiger partial charge in [-0.3, -0.25) is 19.6 Å². The van der Waals surface area contributed by atoms with Gasteiger partial charge in [0.05, 0.1) is 11.1 Å². The monoisotopic (exact) mass is 478 g/mol. The molecule has 4 rings (SSSR count). The van der Waals surface area contributed by atoms with Crippen molar-refractivity contribution in [2.75, 3.05) is 13.1 Å². The van der Waals surface area contributed by atoms with Crippen LogP contribution in [0.4, 0.5) is 0 Å². The Bertz CT molecular complexity index is 1170. The highest BCUT2D eigenvalue weighted by Crippen LogP contribution is 2.25. The molecular formula is C30H30N4O2. The lowest BCUT2D eigenvalue weighted by atomic mass is 9.95. The summed E-state index contributed by atoms with van der Waals surface area (Å²) in [5.41, 5.74) is 5.73. The van der Waals surface area contributed by atoms with Gasteiger partial charge in [0.1, 0.15) is 0 Å². The Morgan fingerprint density at radius 1 is 0.639 bits per heavy atom. The van der Waals surface area contributed by atoms with Crippen LogP contribution < -0.4 is 10.6 Å². The van der Waals surface area contributed by atoms with Crippen LogP contribution in [0.2, 0.25) is 0 Å². The first-order valence-electron chi connectivity index (χ1n) is 12.1. The minimum atomic E-state index is -0.113. The van der Waals surface area contributed by atoms with Crippen LogP contribution in [0.1, 0.15) is 57.5 Å². The first kappa shape index (κ1) is 24.8. The minimum absolute atomic E-state index is 0.113. The van der Waals surface area contributed by atoms with E-state index in [9.17, 15) is 9.59 Å². The summed E-state index contributed by atoms with van der Waals surface area (Å²) in [6, 6.07) is 23.9. The number of amides is 2. The lowest BCUT2D eigenvalue weighted by Crippen LogP contribution is -2.27. The highest BCUT2D eigenvalue weighted by molar-refractivity contribution is 5.94. The molecule has 0 spiro atoms. The van der Waals surface area contributed by atoms with Gasteiger partial charge >= 0.3 is 0 Å². The maximum atomic E-state index is 12.3.